The Labute approximate surface area is 120 Å². The lowest BCUT2D eigenvalue weighted by Crippen LogP contribution is -3.18. The summed E-state index contributed by atoms with van der Waals surface area (Å²) >= 11 is 5.96. The van der Waals surface area contributed by atoms with Crippen molar-refractivity contribution in [2.75, 3.05) is 13.1 Å². The van der Waals surface area contributed by atoms with Crippen LogP contribution in [-0.4, -0.2) is 31.0 Å². The predicted octanol–water partition coefficient (Wildman–Crippen LogP) is -1.50. The van der Waals surface area contributed by atoms with Crippen molar-refractivity contribution in [2.45, 2.75) is 19.0 Å². The third-order valence-corrected chi connectivity index (χ3v) is 3.75. The minimum Gasteiger partial charge on any atom is -0.550 e. The average molecular weight is 301 g/mol. The second kappa shape index (κ2) is 6.19. The number of carboxylic acids is 1. The number of carbonyl (C=O) groups excluding carboxylic acids is 2. The Kier molecular flexibility index (Phi) is 4.57. The molecule has 5 nitrogen and oxygen atoms in total. The van der Waals surface area contributed by atoms with Gasteiger partial charge in [-0.2, -0.15) is 0 Å². The fraction of sp³-hybridized carbons (Fsp3) is 0.385. The monoisotopic (exact) mass is 300 g/mol. The Morgan fingerprint density at radius 3 is 2.95 bits per heavy atom. The smallest absolute Gasteiger partial charge is 0.278 e. The molecule has 20 heavy (non-hydrogen) atoms. The standard InChI is InChI=1S/C13H14ClFN2O3/c14-9-2-1-3-10(15)8(9)7-17-5-4-16-13(20)11(17)6-12(18)19/h1-3,11H,4-7H2,(H,16,20)(H,18,19). The van der Waals surface area contributed by atoms with Gasteiger partial charge in [-0.15, -0.1) is 0 Å². The lowest BCUT2D eigenvalue weighted by atomic mass is 10.1. The first kappa shape index (κ1) is 14.7. The van der Waals surface area contributed by atoms with Gasteiger partial charge in [0.25, 0.3) is 5.91 Å². The van der Waals surface area contributed by atoms with E-state index in [9.17, 15) is 19.1 Å². The molecule has 1 amide bonds. The van der Waals surface area contributed by atoms with Gasteiger partial charge < -0.3 is 20.1 Å². The van der Waals surface area contributed by atoms with Crippen molar-refractivity contribution in [3.63, 3.8) is 0 Å². The second-order valence-corrected chi connectivity index (χ2v) is 5.11. The van der Waals surface area contributed by atoms with Crippen LogP contribution in [0.2, 0.25) is 5.02 Å². The zero-order chi connectivity index (χ0) is 14.7. The largest absolute Gasteiger partial charge is 0.550 e. The number of aliphatic carboxylic acids is 1. The highest BCUT2D eigenvalue weighted by Gasteiger charge is 2.34. The Hall–Kier alpha value is -1.66. The Bertz CT molecular complexity index is 518. The third kappa shape index (κ3) is 3.26. The molecule has 2 unspecified atom stereocenters. The highest BCUT2D eigenvalue weighted by Crippen LogP contribution is 2.18. The normalized spacial score (nSPS) is 22.4. The van der Waals surface area contributed by atoms with Crippen molar-refractivity contribution in [1.29, 1.82) is 0 Å². The van der Waals surface area contributed by atoms with Gasteiger partial charge in [0.1, 0.15) is 12.4 Å². The number of amides is 1. The molecule has 1 saturated heterocycles. The number of carbonyl (C=O) groups is 2. The van der Waals surface area contributed by atoms with Crippen LogP contribution in [-0.2, 0) is 16.1 Å². The summed E-state index contributed by atoms with van der Waals surface area (Å²) in [5, 5.41) is 13.6. The van der Waals surface area contributed by atoms with Gasteiger partial charge in [0.05, 0.1) is 23.7 Å². The summed E-state index contributed by atoms with van der Waals surface area (Å²) in [5.41, 5.74) is 0.294. The van der Waals surface area contributed by atoms with E-state index in [-0.39, 0.29) is 17.5 Å². The number of benzene rings is 1. The first-order valence-electron chi connectivity index (χ1n) is 6.24. The first-order chi connectivity index (χ1) is 9.49. The van der Waals surface area contributed by atoms with Gasteiger partial charge in [0.15, 0.2) is 6.04 Å². The number of hydrogen-bond donors (Lipinski definition) is 2. The second-order valence-electron chi connectivity index (χ2n) is 4.70. The molecule has 0 aromatic heterocycles. The number of hydrogen-bond acceptors (Lipinski definition) is 3. The van der Waals surface area contributed by atoms with Crippen molar-refractivity contribution >= 4 is 23.5 Å². The van der Waals surface area contributed by atoms with Crippen molar-refractivity contribution in [3.8, 4) is 0 Å². The van der Waals surface area contributed by atoms with E-state index >= 15 is 0 Å². The van der Waals surface area contributed by atoms with Crippen molar-refractivity contribution in [1.82, 2.24) is 5.32 Å². The molecule has 1 aromatic rings. The Balaban J connectivity index is 2.21. The third-order valence-electron chi connectivity index (χ3n) is 3.39. The number of quaternary nitrogens is 1. The Morgan fingerprint density at radius 2 is 2.30 bits per heavy atom. The van der Waals surface area contributed by atoms with Crippen LogP contribution in [0.3, 0.4) is 0 Å². The van der Waals surface area contributed by atoms with Gasteiger partial charge in [-0.3, -0.25) is 4.79 Å². The highest BCUT2D eigenvalue weighted by molar-refractivity contribution is 6.31. The summed E-state index contributed by atoms with van der Waals surface area (Å²) < 4.78 is 13.8. The van der Waals surface area contributed by atoms with E-state index in [1.807, 2.05) is 0 Å². The summed E-state index contributed by atoms with van der Waals surface area (Å²) in [6.07, 6.45) is -0.396. The molecule has 1 aliphatic rings. The molecular weight excluding hydrogens is 287 g/mol. The summed E-state index contributed by atoms with van der Waals surface area (Å²) in [6, 6.07) is 3.57. The molecule has 1 aromatic carbocycles. The first-order valence-corrected chi connectivity index (χ1v) is 6.62. The highest BCUT2D eigenvalue weighted by atomic mass is 35.5. The molecule has 2 N–H and O–H groups in total. The SMILES string of the molecule is O=C([O-])CC1C(=O)NCC[NH+]1Cc1c(F)cccc1Cl. The fourth-order valence-corrected chi connectivity index (χ4v) is 2.60. The minimum atomic E-state index is -1.30. The van der Waals surface area contributed by atoms with E-state index < -0.39 is 24.2 Å². The summed E-state index contributed by atoms with van der Waals surface area (Å²) in [4.78, 5) is 23.2. The number of piperazine rings is 1. The lowest BCUT2D eigenvalue weighted by molar-refractivity contribution is -0.931. The molecule has 2 atom stereocenters. The molecule has 1 heterocycles. The van der Waals surface area contributed by atoms with Crippen molar-refractivity contribution in [3.05, 3.63) is 34.6 Å². The predicted molar refractivity (Wildman–Crippen MR) is 67.4 cm³/mol. The van der Waals surface area contributed by atoms with E-state index in [0.717, 1.165) is 0 Å². The molecule has 7 heteroatoms. The molecule has 1 aliphatic heterocycles. The van der Waals surface area contributed by atoms with Gasteiger partial charge in [-0.05, 0) is 12.1 Å². The topological polar surface area (TPSA) is 73.7 Å². The molecule has 108 valence electrons. The molecular formula is C13H14ClFN2O3. The van der Waals surface area contributed by atoms with Gasteiger partial charge in [0, 0.05) is 12.4 Å². The number of halogens is 2. The number of carboxylic acid groups (broad SMARTS) is 1. The molecule has 0 bridgehead atoms. The van der Waals surface area contributed by atoms with Gasteiger partial charge in [-0.25, -0.2) is 4.39 Å². The molecule has 0 aliphatic carbocycles. The van der Waals surface area contributed by atoms with Crippen LogP contribution >= 0.6 is 11.6 Å². The molecule has 0 spiro atoms. The summed E-state index contributed by atoms with van der Waals surface area (Å²) in [6.45, 7) is 1.09. The Morgan fingerprint density at radius 1 is 1.55 bits per heavy atom. The average Bonchev–Trinajstić information content (AvgIpc) is 2.37. The minimum absolute atomic E-state index is 0.164. The van der Waals surface area contributed by atoms with Gasteiger partial charge >= 0.3 is 0 Å². The van der Waals surface area contributed by atoms with E-state index in [4.69, 9.17) is 11.6 Å². The molecule has 0 radical (unpaired) electrons. The maximum Gasteiger partial charge on any atom is 0.278 e. The van der Waals surface area contributed by atoms with E-state index in [0.29, 0.717) is 23.6 Å². The van der Waals surface area contributed by atoms with Gasteiger partial charge in [0.2, 0.25) is 0 Å². The van der Waals surface area contributed by atoms with E-state index in [2.05, 4.69) is 5.32 Å². The zero-order valence-electron chi connectivity index (χ0n) is 10.6. The quantitative estimate of drug-likeness (QED) is 0.711. The van der Waals surface area contributed by atoms with Crippen LogP contribution in [0, 0.1) is 5.82 Å². The maximum absolute atomic E-state index is 13.8. The molecule has 2 rings (SSSR count). The van der Waals surface area contributed by atoms with Crippen LogP contribution < -0.4 is 15.3 Å². The number of rotatable bonds is 4. The summed E-state index contributed by atoms with van der Waals surface area (Å²) in [7, 11) is 0. The number of nitrogens with one attached hydrogen (secondary N) is 2. The van der Waals surface area contributed by atoms with Crippen LogP contribution in [0.4, 0.5) is 4.39 Å². The van der Waals surface area contributed by atoms with Crippen LogP contribution in [0.15, 0.2) is 18.2 Å². The molecule has 1 fully saturated rings. The van der Waals surface area contributed by atoms with Gasteiger partial charge in [-0.1, -0.05) is 17.7 Å². The van der Waals surface area contributed by atoms with Crippen molar-refractivity contribution in [2.24, 2.45) is 0 Å². The summed E-state index contributed by atoms with van der Waals surface area (Å²) in [5.74, 6) is -2.12. The fourth-order valence-electron chi connectivity index (χ4n) is 2.37. The lowest BCUT2D eigenvalue weighted by Gasteiger charge is -2.32. The van der Waals surface area contributed by atoms with Crippen LogP contribution in [0.1, 0.15) is 12.0 Å². The van der Waals surface area contributed by atoms with E-state index in [1.165, 1.54) is 12.1 Å². The van der Waals surface area contributed by atoms with Crippen LogP contribution in [0.25, 0.3) is 0 Å². The molecule has 0 saturated carbocycles. The zero-order valence-corrected chi connectivity index (χ0v) is 11.4. The maximum atomic E-state index is 13.8. The van der Waals surface area contributed by atoms with Crippen LogP contribution in [0.5, 0.6) is 0 Å². The van der Waals surface area contributed by atoms with E-state index in [1.54, 1.807) is 6.07 Å². The van der Waals surface area contributed by atoms with Crippen molar-refractivity contribution < 1.29 is 24.0 Å².